The highest BCUT2D eigenvalue weighted by Gasteiger charge is 2.43. The maximum atomic E-state index is 13.5. The van der Waals surface area contributed by atoms with Crippen LogP contribution in [0.3, 0.4) is 0 Å². The molecule has 1 N–H and O–H groups in total. The Morgan fingerprint density at radius 1 is 1.03 bits per heavy atom. The van der Waals surface area contributed by atoms with Crippen LogP contribution >= 0.6 is 27.5 Å². The Morgan fingerprint density at radius 3 is 2.38 bits per heavy atom. The maximum Gasteiger partial charge on any atom is 0.277 e. The number of aromatic nitrogens is 2. The minimum atomic E-state index is -0.337. The van der Waals surface area contributed by atoms with Gasteiger partial charge < -0.3 is 4.74 Å². The molecule has 1 aliphatic heterocycles. The van der Waals surface area contributed by atoms with Gasteiger partial charge in [0.2, 0.25) is 0 Å². The molecule has 5 nitrogen and oxygen atoms in total. The number of hydrogen-bond donors (Lipinski definition) is 1. The standard InChI is InChI=1S/C25H19BrClN3O2/c1-2-32-20-13-5-15(6-14-20)22-21-23(29-28-22)25(31)30(19-11-7-17(26)8-12-19)24(21)16-3-9-18(27)10-4-16/h3-14,24H,2H2,1H3,(H,28,29). The molecule has 0 fully saturated rings. The molecule has 3 aromatic carbocycles. The summed E-state index contributed by atoms with van der Waals surface area (Å²) < 4.78 is 6.52. The highest BCUT2D eigenvalue weighted by molar-refractivity contribution is 9.10. The van der Waals surface area contributed by atoms with Crippen molar-refractivity contribution in [2.45, 2.75) is 13.0 Å². The van der Waals surface area contributed by atoms with Gasteiger partial charge in [-0.05, 0) is 73.2 Å². The molecular weight excluding hydrogens is 490 g/mol. The summed E-state index contributed by atoms with van der Waals surface area (Å²) in [6.07, 6.45) is 0. The van der Waals surface area contributed by atoms with Crippen molar-refractivity contribution >= 4 is 39.1 Å². The number of halogens is 2. The largest absolute Gasteiger partial charge is 0.494 e. The van der Waals surface area contributed by atoms with Crippen LogP contribution in [0.2, 0.25) is 5.02 Å². The number of H-pyrrole nitrogens is 1. The van der Waals surface area contributed by atoms with Crippen LogP contribution in [-0.2, 0) is 0 Å². The fourth-order valence-corrected chi connectivity index (χ4v) is 4.46. The number of benzene rings is 3. The Hall–Kier alpha value is -3.09. The molecule has 0 aliphatic carbocycles. The lowest BCUT2D eigenvalue weighted by Crippen LogP contribution is -2.29. The zero-order valence-corrected chi connectivity index (χ0v) is 19.5. The van der Waals surface area contributed by atoms with E-state index in [9.17, 15) is 4.79 Å². The number of amides is 1. The van der Waals surface area contributed by atoms with Gasteiger partial charge >= 0.3 is 0 Å². The topological polar surface area (TPSA) is 58.2 Å². The third-order valence-electron chi connectivity index (χ3n) is 5.50. The van der Waals surface area contributed by atoms with Crippen molar-refractivity contribution < 1.29 is 9.53 Å². The van der Waals surface area contributed by atoms with Crippen molar-refractivity contribution in [2.24, 2.45) is 0 Å². The van der Waals surface area contributed by atoms with Crippen LogP contribution < -0.4 is 9.64 Å². The van der Waals surface area contributed by atoms with Gasteiger partial charge in [0.1, 0.15) is 11.4 Å². The minimum absolute atomic E-state index is 0.119. The second kappa shape index (κ2) is 8.45. The fraction of sp³-hybridized carbons (Fsp3) is 0.120. The van der Waals surface area contributed by atoms with Gasteiger partial charge in [-0.2, -0.15) is 5.10 Å². The van der Waals surface area contributed by atoms with E-state index in [2.05, 4.69) is 26.1 Å². The molecular formula is C25H19BrClN3O2. The van der Waals surface area contributed by atoms with Crippen molar-refractivity contribution in [1.29, 1.82) is 0 Å². The Morgan fingerprint density at radius 2 is 1.72 bits per heavy atom. The summed E-state index contributed by atoms with van der Waals surface area (Å²) in [5, 5.41) is 8.16. The number of aromatic amines is 1. The molecule has 1 atom stereocenters. The van der Waals surface area contributed by atoms with E-state index in [0.717, 1.165) is 38.3 Å². The lowest BCUT2D eigenvalue weighted by molar-refractivity contribution is 0.0989. The number of rotatable bonds is 5. The molecule has 1 amide bonds. The van der Waals surface area contributed by atoms with Gasteiger partial charge in [-0.1, -0.05) is 39.7 Å². The second-order valence-corrected chi connectivity index (χ2v) is 8.78. The maximum absolute atomic E-state index is 13.5. The molecule has 160 valence electrons. The summed E-state index contributed by atoms with van der Waals surface area (Å²) in [5.41, 5.74) is 4.77. The first-order valence-corrected chi connectivity index (χ1v) is 11.4. The third kappa shape index (κ3) is 3.59. The zero-order chi connectivity index (χ0) is 22.2. The van der Waals surface area contributed by atoms with E-state index < -0.39 is 0 Å². The third-order valence-corrected chi connectivity index (χ3v) is 6.28. The molecule has 1 unspecified atom stereocenters. The molecule has 1 aliphatic rings. The van der Waals surface area contributed by atoms with Crippen molar-refractivity contribution in [3.63, 3.8) is 0 Å². The molecule has 4 aromatic rings. The van der Waals surface area contributed by atoms with Crippen molar-refractivity contribution in [2.75, 3.05) is 11.5 Å². The lowest BCUT2D eigenvalue weighted by atomic mass is 9.96. The smallest absolute Gasteiger partial charge is 0.277 e. The lowest BCUT2D eigenvalue weighted by Gasteiger charge is -2.26. The van der Waals surface area contributed by atoms with Crippen molar-refractivity contribution in [3.05, 3.63) is 99.1 Å². The zero-order valence-electron chi connectivity index (χ0n) is 17.2. The van der Waals surface area contributed by atoms with Gasteiger partial charge in [0.15, 0.2) is 0 Å². The number of hydrogen-bond acceptors (Lipinski definition) is 3. The Bertz CT molecular complexity index is 1270. The van der Waals surface area contributed by atoms with E-state index in [-0.39, 0.29) is 11.9 Å². The summed E-state index contributed by atoms with van der Waals surface area (Å²) in [5.74, 6) is 0.678. The minimum Gasteiger partial charge on any atom is -0.494 e. The van der Waals surface area contributed by atoms with E-state index in [0.29, 0.717) is 17.3 Å². The van der Waals surface area contributed by atoms with E-state index in [1.807, 2.05) is 79.7 Å². The molecule has 5 rings (SSSR count). The first-order chi connectivity index (χ1) is 15.6. The first kappa shape index (κ1) is 20.8. The van der Waals surface area contributed by atoms with Crippen LogP contribution in [0, 0.1) is 0 Å². The van der Waals surface area contributed by atoms with Crippen molar-refractivity contribution in [3.8, 4) is 17.0 Å². The van der Waals surface area contributed by atoms with Gasteiger partial charge in [0.25, 0.3) is 5.91 Å². The summed E-state index contributed by atoms with van der Waals surface area (Å²) in [7, 11) is 0. The van der Waals surface area contributed by atoms with Crippen LogP contribution in [0.5, 0.6) is 5.75 Å². The number of carbonyl (C=O) groups is 1. The van der Waals surface area contributed by atoms with E-state index in [1.54, 1.807) is 4.90 Å². The van der Waals surface area contributed by atoms with Gasteiger partial charge in [-0.3, -0.25) is 14.8 Å². The molecule has 1 aromatic heterocycles. The molecule has 0 radical (unpaired) electrons. The highest BCUT2D eigenvalue weighted by Crippen LogP contribution is 2.45. The van der Waals surface area contributed by atoms with Crippen LogP contribution in [0.4, 0.5) is 5.69 Å². The van der Waals surface area contributed by atoms with Crippen LogP contribution in [-0.4, -0.2) is 22.7 Å². The molecule has 0 bridgehead atoms. The highest BCUT2D eigenvalue weighted by atomic mass is 79.9. The number of carbonyl (C=O) groups excluding carboxylic acids is 1. The predicted octanol–water partition coefficient (Wildman–Crippen LogP) is 6.64. The van der Waals surface area contributed by atoms with E-state index in [4.69, 9.17) is 16.3 Å². The number of nitrogens with one attached hydrogen (secondary N) is 1. The Balaban J connectivity index is 1.66. The fourth-order valence-electron chi connectivity index (χ4n) is 4.07. The molecule has 0 spiro atoms. The predicted molar refractivity (Wildman–Crippen MR) is 129 cm³/mol. The average molecular weight is 509 g/mol. The van der Waals surface area contributed by atoms with Gasteiger partial charge in [-0.15, -0.1) is 0 Å². The summed E-state index contributed by atoms with van der Waals surface area (Å²) in [6.45, 7) is 2.56. The van der Waals surface area contributed by atoms with Gasteiger partial charge in [0.05, 0.1) is 18.3 Å². The van der Waals surface area contributed by atoms with E-state index >= 15 is 0 Å². The molecule has 0 saturated carbocycles. The second-order valence-electron chi connectivity index (χ2n) is 7.42. The molecule has 0 saturated heterocycles. The number of ether oxygens (including phenoxy) is 1. The summed E-state index contributed by atoms with van der Waals surface area (Å²) >= 11 is 9.62. The number of fused-ring (bicyclic) bond motifs is 1. The van der Waals surface area contributed by atoms with Gasteiger partial charge in [0, 0.05) is 26.3 Å². The quantitative estimate of drug-likeness (QED) is 0.329. The SMILES string of the molecule is CCOc1ccc(-c2n[nH]c3c2C(c2ccc(Cl)cc2)N(c2ccc(Br)cc2)C3=O)cc1. The summed E-state index contributed by atoms with van der Waals surface area (Å²) in [6, 6.07) is 22.7. The van der Waals surface area contributed by atoms with E-state index in [1.165, 1.54) is 0 Å². The molecule has 32 heavy (non-hydrogen) atoms. The van der Waals surface area contributed by atoms with Crippen LogP contribution in [0.1, 0.15) is 34.6 Å². The number of anilines is 1. The normalized spacial score (nSPS) is 15.2. The Kier molecular flexibility index (Phi) is 5.49. The molecule has 2 heterocycles. The average Bonchev–Trinajstić information content (AvgIpc) is 3.35. The van der Waals surface area contributed by atoms with Crippen LogP contribution in [0.25, 0.3) is 11.3 Å². The Labute approximate surface area is 199 Å². The number of nitrogens with zero attached hydrogens (tertiary/aromatic N) is 2. The first-order valence-electron chi connectivity index (χ1n) is 10.2. The van der Waals surface area contributed by atoms with Gasteiger partial charge in [-0.25, -0.2) is 0 Å². The van der Waals surface area contributed by atoms with Crippen molar-refractivity contribution in [1.82, 2.24) is 10.2 Å². The van der Waals surface area contributed by atoms with Crippen LogP contribution in [0.15, 0.2) is 77.3 Å². The molecule has 7 heteroatoms. The monoisotopic (exact) mass is 507 g/mol. The summed E-state index contributed by atoms with van der Waals surface area (Å²) in [4.78, 5) is 15.3.